The summed E-state index contributed by atoms with van der Waals surface area (Å²) >= 11 is 0. The molecule has 1 unspecified atom stereocenters. The number of nitrogens with zero attached hydrogens (tertiary/aromatic N) is 4. The topological polar surface area (TPSA) is 42.8 Å². The molecular weight excluding hydrogens is 292 g/mol. The number of rotatable bonds is 5. The number of hydrogen-bond acceptors (Lipinski definition) is 5. The van der Waals surface area contributed by atoms with Crippen molar-refractivity contribution in [2.75, 3.05) is 59.7 Å². The van der Waals surface area contributed by atoms with Crippen LogP contribution in [0.15, 0.2) is 12.4 Å². The van der Waals surface area contributed by atoms with E-state index in [0.717, 1.165) is 52.5 Å². The fraction of sp³-hybridized carbons (Fsp3) is 0.824. The van der Waals surface area contributed by atoms with E-state index < -0.39 is 0 Å². The van der Waals surface area contributed by atoms with Crippen molar-refractivity contribution in [2.45, 2.75) is 19.4 Å². The molecule has 0 bridgehead atoms. The van der Waals surface area contributed by atoms with E-state index in [1.807, 2.05) is 17.9 Å². The van der Waals surface area contributed by atoms with Crippen LogP contribution in [0.2, 0.25) is 0 Å². The van der Waals surface area contributed by atoms with Gasteiger partial charge in [-0.25, -0.2) is 0 Å². The molecule has 130 valence electrons. The lowest BCUT2D eigenvalue weighted by atomic mass is 9.80. The van der Waals surface area contributed by atoms with Crippen LogP contribution in [0.25, 0.3) is 0 Å². The first-order valence-electron chi connectivity index (χ1n) is 8.68. The molecule has 6 heteroatoms. The third-order valence-electron chi connectivity index (χ3n) is 5.04. The molecule has 1 spiro atoms. The minimum Gasteiger partial charge on any atom is -0.383 e. The number of ether oxygens (including phenoxy) is 2. The maximum absolute atomic E-state index is 5.98. The van der Waals surface area contributed by atoms with Crippen LogP contribution < -0.4 is 0 Å². The molecule has 0 saturated carbocycles. The molecule has 0 radical (unpaired) electrons. The van der Waals surface area contributed by atoms with Crippen LogP contribution in [0.3, 0.4) is 0 Å². The summed E-state index contributed by atoms with van der Waals surface area (Å²) in [5.41, 5.74) is 1.57. The lowest BCUT2D eigenvalue weighted by molar-refractivity contribution is 0.00163. The molecule has 1 aromatic rings. The summed E-state index contributed by atoms with van der Waals surface area (Å²) in [7, 11) is 3.76. The van der Waals surface area contributed by atoms with Gasteiger partial charge in [-0.1, -0.05) is 0 Å². The standard InChI is InChI=1S/C17H30N4O2/c1-19-11-16(10-18-19)12-21-5-3-4-17(14-21)13-20(6-8-22-2)7-9-23-15-17/h10-11H,3-9,12-15H2,1-2H3. The van der Waals surface area contributed by atoms with Crippen molar-refractivity contribution in [3.8, 4) is 0 Å². The highest BCUT2D eigenvalue weighted by atomic mass is 16.5. The second-order valence-corrected chi connectivity index (χ2v) is 7.16. The van der Waals surface area contributed by atoms with Gasteiger partial charge in [0.15, 0.2) is 0 Å². The average molecular weight is 322 g/mol. The molecule has 0 amide bonds. The Kier molecular flexibility index (Phi) is 5.69. The second kappa shape index (κ2) is 7.75. The molecular formula is C17H30N4O2. The molecule has 1 atom stereocenters. The Labute approximate surface area is 139 Å². The predicted molar refractivity (Wildman–Crippen MR) is 89.3 cm³/mol. The van der Waals surface area contributed by atoms with Gasteiger partial charge in [-0.05, 0) is 19.4 Å². The molecule has 2 aliphatic heterocycles. The first-order valence-corrected chi connectivity index (χ1v) is 8.68. The third kappa shape index (κ3) is 4.53. The summed E-state index contributed by atoms with van der Waals surface area (Å²) in [5.74, 6) is 0. The van der Waals surface area contributed by atoms with Gasteiger partial charge in [-0.15, -0.1) is 0 Å². The average Bonchev–Trinajstić information content (AvgIpc) is 2.84. The minimum atomic E-state index is 0.269. The van der Waals surface area contributed by atoms with Crippen molar-refractivity contribution in [1.82, 2.24) is 19.6 Å². The Bertz CT molecular complexity index is 493. The van der Waals surface area contributed by atoms with Crippen LogP contribution in [0.5, 0.6) is 0 Å². The summed E-state index contributed by atoms with van der Waals surface area (Å²) in [6.07, 6.45) is 6.62. The molecule has 6 nitrogen and oxygen atoms in total. The van der Waals surface area contributed by atoms with Crippen LogP contribution in [0.1, 0.15) is 18.4 Å². The molecule has 3 rings (SSSR count). The molecule has 0 aromatic carbocycles. The number of piperidine rings is 1. The Hall–Kier alpha value is -0.950. The molecule has 0 aliphatic carbocycles. The van der Waals surface area contributed by atoms with Gasteiger partial charge in [0.1, 0.15) is 0 Å². The zero-order valence-electron chi connectivity index (χ0n) is 14.5. The zero-order valence-corrected chi connectivity index (χ0v) is 14.5. The molecule has 0 N–H and O–H groups in total. The number of aromatic nitrogens is 2. The summed E-state index contributed by atoms with van der Waals surface area (Å²) in [5, 5.41) is 4.29. The predicted octanol–water partition coefficient (Wildman–Crippen LogP) is 0.981. The summed E-state index contributed by atoms with van der Waals surface area (Å²) < 4.78 is 13.1. The van der Waals surface area contributed by atoms with Crippen molar-refractivity contribution in [3.05, 3.63) is 18.0 Å². The monoisotopic (exact) mass is 322 g/mol. The Morgan fingerprint density at radius 2 is 2.17 bits per heavy atom. The van der Waals surface area contributed by atoms with Crippen LogP contribution >= 0.6 is 0 Å². The van der Waals surface area contributed by atoms with Gasteiger partial charge in [-0.2, -0.15) is 5.10 Å². The Balaban J connectivity index is 1.62. The van der Waals surface area contributed by atoms with E-state index >= 15 is 0 Å². The minimum absolute atomic E-state index is 0.269. The number of likely N-dealkylation sites (tertiary alicyclic amines) is 1. The summed E-state index contributed by atoms with van der Waals surface area (Å²) in [4.78, 5) is 5.09. The number of aryl methyl sites for hydroxylation is 1. The van der Waals surface area contributed by atoms with Gasteiger partial charge in [0.25, 0.3) is 0 Å². The summed E-state index contributed by atoms with van der Waals surface area (Å²) in [6.45, 7) is 8.97. The van der Waals surface area contributed by atoms with Gasteiger partial charge in [-0.3, -0.25) is 14.5 Å². The molecule has 1 aromatic heterocycles. The highest BCUT2D eigenvalue weighted by Gasteiger charge is 2.38. The SMILES string of the molecule is COCCN1CCOCC2(CCCN(Cc3cnn(C)c3)C2)C1. The highest BCUT2D eigenvalue weighted by Crippen LogP contribution is 2.33. The molecule has 2 fully saturated rings. The second-order valence-electron chi connectivity index (χ2n) is 7.16. The zero-order chi connectivity index (χ0) is 16.1. The Morgan fingerprint density at radius 1 is 1.30 bits per heavy atom. The van der Waals surface area contributed by atoms with E-state index in [4.69, 9.17) is 9.47 Å². The van der Waals surface area contributed by atoms with Crippen LogP contribution in [-0.4, -0.2) is 79.2 Å². The number of hydrogen-bond donors (Lipinski definition) is 0. The first-order chi connectivity index (χ1) is 11.2. The summed E-state index contributed by atoms with van der Waals surface area (Å²) in [6, 6.07) is 0. The van der Waals surface area contributed by atoms with Crippen molar-refractivity contribution < 1.29 is 9.47 Å². The lowest BCUT2D eigenvalue weighted by Gasteiger charge is -2.43. The van der Waals surface area contributed by atoms with Crippen molar-refractivity contribution in [1.29, 1.82) is 0 Å². The van der Waals surface area contributed by atoms with E-state index in [1.165, 1.54) is 24.9 Å². The highest BCUT2D eigenvalue weighted by molar-refractivity contribution is 5.04. The van der Waals surface area contributed by atoms with E-state index in [9.17, 15) is 0 Å². The van der Waals surface area contributed by atoms with Gasteiger partial charge in [0, 0.05) is 64.1 Å². The van der Waals surface area contributed by atoms with Gasteiger partial charge in [0.05, 0.1) is 26.0 Å². The molecule has 2 aliphatic rings. The van der Waals surface area contributed by atoms with E-state index in [1.54, 1.807) is 7.11 Å². The number of methoxy groups -OCH3 is 1. The molecule has 23 heavy (non-hydrogen) atoms. The van der Waals surface area contributed by atoms with Crippen molar-refractivity contribution in [3.63, 3.8) is 0 Å². The molecule has 3 heterocycles. The van der Waals surface area contributed by atoms with Gasteiger partial charge >= 0.3 is 0 Å². The van der Waals surface area contributed by atoms with Crippen LogP contribution in [-0.2, 0) is 23.1 Å². The van der Waals surface area contributed by atoms with Crippen LogP contribution in [0, 0.1) is 5.41 Å². The van der Waals surface area contributed by atoms with Gasteiger partial charge in [0.2, 0.25) is 0 Å². The van der Waals surface area contributed by atoms with E-state index in [2.05, 4.69) is 21.1 Å². The van der Waals surface area contributed by atoms with Gasteiger partial charge < -0.3 is 9.47 Å². The molecule has 2 saturated heterocycles. The van der Waals surface area contributed by atoms with Crippen molar-refractivity contribution >= 4 is 0 Å². The fourth-order valence-corrected chi connectivity index (χ4v) is 4.00. The smallest absolute Gasteiger partial charge is 0.0593 e. The quantitative estimate of drug-likeness (QED) is 0.808. The van der Waals surface area contributed by atoms with E-state index in [-0.39, 0.29) is 5.41 Å². The Morgan fingerprint density at radius 3 is 2.96 bits per heavy atom. The van der Waals surface area contributed by atoms with Crippen molar-refractivity contribution in [2.24, 2.45) is 12.5 Å². The maximum Gasteiger partial charge on any atom is 0.0593 e. The third-order valence-corrected chi connectivity index (χ3v) is 5.04. The largest absolute Gasteiger partial charge is 0.383 e. The van der Waals surface area contributed by atoms with Crippen LogP contribution in [0.4, 0.5) is 0 Å². The lowest BCUT2D eigenvalue weighted by Crippen LogP contribution is -2.50. The fourth-order valence-electron chi connectivity index (χ4n) is 4.00. The first kappa shape index (κ1) is 16.9. The maximum atomic E-state index is 5.98. The van der Waals surface area contributed by atoms with E-state index in [0.29, 0.717) is 0 Å². The normalized spacial score (nSPS) is 27.4.